The largest absolute Gasteiger partial charge is 0.390 e. The third-order valence-corrected chi connectivity index (χ3v) is 3.70. The number of hydrogen-bond donors (Lipinski definition) is 2. The van der Waals surface area contributed by atoms with Gasteiger partial charge in [0, 0.05) is 18.6 Å². The third-order valence-electron chi connectivity index (χ3n) is 3.70. The van der Waals surface area contributed by atoms with Crippen LogP contribution in [0.2, 0.25) is 0 Å². The summed E-state index contributed by atoms with van der Waals surface area (Å²) in [5.41, 5.74) is 5.72. The van der Waals surface area contributed by atoms with Crippen molar-refractivity contribution in [3.63, 3.8) is 0 Å². The van der Waals surface area contributed by atoms with Gasteiger partial charge in [0.2, 0.25) is 0 Å². The van der Waals surface area contributed by atoms with Gasteiger partial charge in [0.1, 0.15) is 0 Å². The van der Waals surface area contributed by atoms with E-state index in [1.54, 1.807) is 0 Å². The molecule has 1 heterocycles. The third kappa shape index (κ3) is 1.49. The van der Waals surface area contributed by atoms with Gasteiger partial charge in [0.05, 0.1) is 12.2 Å². The van der Waals surface area contributed by atoms with Crippen LogP contribution in [0.15, 0.2) is 0 Å². The van der Waals surface area contributed by atoms with E-state index in [1.165, 1.54) is 6.42 Å². The molecule has 2 aliphatic rings. The second kappa shape index (κ2) is 3.56. The van der Waals surface area contributed by atoms with Crippen molar-refractivity contribution in [3.05, 3.63) is 0 Å². The fourth-order valence-electron chi connectivity index (χ4n) is 2.50. The molecule has 76 valence electrons. The van der Waals surface area contributed by atoms with Crippen molar-refractivity contribution < 1.29 is 9.84 Å². The summed E-state index contributed by atoms with van der Waals surface area (Å²) in [6.45, 7) is 1.41. The summed E-state index contributed by atoms with van der Waals surface area (Å²) in [5, 5.41) is 10.1. The Balaban J connectivity index is 1.97. The molecule has 0 spiro atoms. The van der Waals surface area contributed by atoms with Gasteiger partial charge in [-0.15, -0.1) is 0 Å². The maximum Gasteiger partial charge on any atom is 0.0869 e. The molecule has 3 nitrogen and oxygen atoms in total. The van der Waals surface area contributed by atoms with Crippen molar-refractivity contribution >= 4 is 0 Å². The van der Waals surface area contributed by atoms with Crippen molar-refractivity contribution in [1.29, 1.82) is 0 Å². The standard InChI is InChI=1S/C10H19NO2/c11-7-10(4-2-5-10)9(12)8-3-1-6-13-8/h8-9,12H,1-7,11H2/t8-,9-/m0/s1. The molecule has 0 aromatic heterocycles. The maximum absolute atomic E-state index is 10.1. The molecule has 3 heteroatoms. The Bertz CT molecular complexity index is 168. The average molecular weight is 185 g/mol. The number of ether oxygens (including phenoxy) is 1. The lowest BCUT2D eigenvalue weighted by Gasteiger charge is -2.46. The van der Waals surface area contributed by atoms with Crippen LogP contribution in [0.5, 0.6) is 0 Å². The van der Waals surface area contributed by atoms with Crippen molar-refractivity contribution in [1.82, 2.24) is 0 Å². The summed E-state index contributed by atoms with van der Waals surface area (Å²) in [5.74, 6) is 0. The Morgan fingerprint density at radius 3 is 2.62 bits per heavy atom. The molecule has 2 fully saturated rings. The smallest absolute Gasteiger partial charge is 0.0869 e. The molecule has 13 heavy (non-hydrogen) atoms. The first-order valence-corrected chi connectivity index (χ1v) is 5.28. The molecule has 1 saturated carbocycles. The van der Waals surface area contributed by atoms with E-state index in [9.17, 15) is 5.11 Å². The summed E-state index contributed by atoms with van der Waals surface area (Å²) >= 11 is 0. The molecule has 1 aliphatic carbocycles. The Kier molecular flexibility index (Phi) is 2.58. The molecule has 2 atom stereocenters. The highest BCUT2D eigenvalue weighted by Gasteiger charge is 2.46. The number of rotatable bonds is 3. The summed E-state index contributed by atoms with van der Waals surface area (Å²) in [6, 6.07) is 0. The van der Waals surface area contributed by atoms with Gasteiger partial charge in [-0.05, 0) is 25.7 Å². The van der Waals surface area contributed by atoms with Gasteiger partial charge < -0.3 is 15.6 Å². The lowest BCUT2D eigenvalue weighted by molar-refractivity contribution is -0.103. The molecular formula is C10H19NO2. The van der Waals surface area contributed by atoms with Crippen LogP contribution >= 0.6 is 0 Å². The Morgan fingerprint density at radius 1 is 1.46 bits per heavy atom. The van der Waals surface area contributed by atoms with Crippen LogP contribution < -0.4 is 5.73 Å². The zero-order chi connectivity index (χ0) is 9.31. The number of nitrogens with two attached hydrogens (primary N) is 1. The first-order valence-electron chi connectivity index (χ1n) is 5.28. The molecule has 0 radical (unpaired) electrons. The quantitative estimate of drug-likeness (QED) is 0.679. The van der Waals surface area contributed by atoms with Crippen LogP contribution in [0.3, 0.4) is 0 Å². The van der Waals surface area contributed by atoms with Crippen LogP contribution in [0.1, 0.15) is 32.1 Å². The fraction of sp³-hybridized carbons (Fsp3) is 1.00. The van der Waals surface area contributed by atoms with Gasteiger partial charge in [-0.2, -0.15) is 0 Å². The van der Waals surface area contributed by atoms with Gasteiger partial charge in [-0.1, -0.05) is 6.42 Å². The molecule has 1 aliphatic heterocycles. The Morgan fingerprint density at radius 2 is 2.23 bits per heavy atom. The lowest BCUT2D eigenvalue weighted by atomic mass is 9.63. The maximum atomic E-state index is 10.1. The molecule has 1 saturated heterocycles. The highest BCUT2D eigenvalue weighted by atomic mass is 16.5. The fourth-order valence-corrected chi connectivity index (χ4v) is 2.50. The van der Waals surface area contributed by atoms with Crippen LogP contribution in [0.25, 0.3) is 0 Å². The SMILES string of the molecule is NCC1([C@@H](O)[C@@H]2CCCO2)CCC1. The minimum atomic E-state index is -0.325. The van der Waals surface area contributed by atoms with Crippen molar-refractivity contribution in [2.75, 3.05) is 13.2 Å². The van der Waals surface area contributed by atoms with Gasteiger partial charge in [0.25, 0.3) is 0 Å². The first kappa shape index (κ1) is 9.44. The molecule has 0 aromatic carbocycles. The van der Waals surface area contributed by atoms with Gasteiger partial charge >= 0.3 is 0 Å². The summed E-state index contributed by atoms with van der Waals surface area (Å²) in [6.07, 6.45) is 5.18. The van der Waals surface area contributed by atoms with E-state index >= 15 is 0 Å². The lowest BCUT2D eigenvalue weighted by Crippen LogP contribution is -2.52. The van der Waals surface area contributed by atoms with Crippen LogP contribution in [0.4, 0.5) is 0 Å². The monoisotopic (exact) mass is 185 g/mol. The van der Waals surface area contributed by atoms with Gasteiger partial charge in [-0.3, -0.25) is 0 Å². The van der Waals surface area contributed by atoms with E-state index in [1.807, 2.05) is 0 Å². The highest BCUT2D eigenvalue weighted by molar-refractivity contribution is 4.98. The molecule has 0 aromatic rings. The van der Waals surface area contributed by atoms with E-state index in [0.717, 1.165) is 32.3 Å². The second-order valence-electron chi connectivity index (χ2n) is 4.42. The van der Waals surface area contributed by atoms with Gasteiger partial charge in [0.15, 0.2) is 0 Å². The minimum absolute atomic E-state index is 0.00495. The van der Waals surface area contributed by atoms with Crippen molar-refractivity contribution in [2.24, 2.45) is 11.1 Å². The van der Waals surface area contributed by atoms with Crippen molar-refractivity contribution in [2.45, 2.75) is 44.3 Å². The molecule has 0 amide bonds. The Labute approximate surface area is 79.3 Å². The first-order chi connectivity index (χ1) is 6.28. The van der Waals surface area contributed by atoms with E-state index < -0.39 is 0 Å². The number of aliphatic hydroxyl groups excluding tert-OH is 1. The zero-order valence-electron chi connectivity index (χ0n) is 8.04. The summed E-state index contributed by atoms with van der Waals surface area (Å²) in [4.78, 5) is 0. The Hall–Kier alpha value is -0.120. The van der Waals surface area contributed by atoms with Gasteiger partial charge in [-0.25, -0.2) is 0 Å². The number of aliphatic hydroxyl groups is 1. The van der Waals surface area contributed by atoms with Crippen molar-refractivity contribution in [3.8, 4) is 0 Å². The number of hydrogen-bond acceptors (Lipinski definition) is 3. The highest BCUT2D eigenvalue weighted by Crippen LogP contribution is 2.45. The minimum Gasteiger partial charge on any atom is -0.390 e. The normalized spacial score (nSPS) is 34.2. The van der Waals surface area contributed by atoms with Crippen LogP contribution in [0, 0.1) is 5.41 Å². The topological polar surface area (TPSA) is 55.5 Å². The zero-order valence-corrected chi connectivity index (χ0v) is 8.04. The van der Waals surface area contributed by atoms with E-state index in [2.05, 4.69) is 0 Å². The average Bonchev–Trinajstić information content (AvgIpc) is 2.54. The van der Waals surface area contributed by atoms with E-state index in [0.29, 0.717) is 6.54 Å². The molecular weight excluding hydrogens is 166 g/mol. The second-order valence-corrected chi connectivity index (χ2v) is 4.42. The van der Waals surface area contributed by atoms with Crippen LogP contribution in [-0.4, -0.2) is 30.5 Å². The molecule has 3 N–H and O–H groups in total. The predicted molar refractivity (Wildman–Crippen MR) is 50.3 cm³/mol. The van der Waals surface area contributed by atoms with E-state index in [-0.39, 0.29) is 17.6 Å². The predicted octanol–water partition coefficient (Wildman–Crippen LogP) is 0.655. The molecule has 0 bridgehead atoms. The summed E-state index contributed by atoms with van der Waals surface area (Å²) in [7, 11) is 0. The molecule has 2 rings (SSSR count). The molecule has 0 unspecified atom stereocenters. The summed E-state index contributed by atoms with van der Waals surface area (Å²) < 4.78 is 5.49. The van der Waals surface area contributed by atoms with Crippen LogP contribution in [-0.2, 0) is 4.74 Å². The van der Waals surface area contributed by atoms with E-state index in [4.69, 9.17) is 10.5 Å².